The summed E-state index contributed by atoms with van der Waals surface area (Å²) in [6.45, 7) is 3.87. The number of carbonyl (C=O) groups is 3. The number of esters is 1. The Morgan fingerprint density at radius 1 is 0.971 bits per heavy atom. The maximum absolute atomic E-state index is 12.3. The third-order valence-electron chi connectivity index (χ3n) is 4.58. The summed E-state index contributed by atoms with van der Waals surface area (Å²) in [5, 5.41) is 6.77. The van der Waals surface area contributed by atoms with Crippen molar-refractivity contribution in [1.29, 1.82) is 0 Å². The fourth-order valence-corrected chi connectivity index (χ4v) is 3.00. The van der Waals surface area contributed by atoms with Crippen molar-refractivity contribution in [3.63, 3.8) is 0 Å². The molecule has 0 aliphatic rings. The van der Waals surface area contributed by atoms with Gasteiger partial charge in [0, 0.05) is 10.7 Å². The summed E-state index contributed by atoms with van der Waals surface area (Å²) in [5.41, 5.74) is 4.19. The largest absolute Gasteiger partial charge is 0.490 e. The Balaban J connectivity index is 1.64. The van der Waals surface area contributed by atoms with Crippen LogP contribution in [0.1, 0.15) is 28.4 Å². The molecule has 0 aliphatic heterocycles. The molecule has 34 heavy (non-hydrogen) atoms. The van der Waals surface area contributed by atoms with Gasteiger partial charge in [-0.2, -0.15) is 5.10 Å². The number of anilines is 1. The van der Waals surface area contributed by atoms with Crippen LogP contribution in [0.25, 0.3) is 0 Å². The van der Waals surface area contributed by atoms with Gasteiger partial charge in [0.1, 0.15) is 0 Å². The van der Waals surface area contributed by atoms with Crippen molar-refractivity contribution in [3.05, 3.63) is 88.4 Å². The molecule has 174 valence electrons. The van der Waals surface area contributed by atoms with Crippen molar-refractivity contribution in [1.82, 2.24) is 5.43 Å². The van der Waals surface area contributed by atoms with E-state index in [2.05, 4.69) is 15.8 Å². The first-order chi connectivity index (χ1) is 16.4. The van der Waals surface area contributed by atoms with Crippen LogP contribution < -0.4 is 20.2 Å². The Morgan fingerprint density at radius 2 is 1.74 bits per heavy atom. The number of rotatable bonds is 7. The van der Waals surface area contributed by atoms with Gasteiger partial charge in [0.25, 0.3) is 0 Å². The van der Waals surface area contributed by atoms with Crippen LogP contribution in [0.2, 0.25) is 5.02 Å². The normalized spacial score (nSPS) is 10.6. The summed E-state index contributed by atoms with van der Waals surface area (Å²) in [7, 11) is 0. The van der Waals surface area contributed by atoms with E-state index < -0.39 is 17.8 Å². The lowest BCUT2D eigenvalue weighted by Crippen LogP contribution is -2.32. The molecule has 3 aromatic carbocycles. The zero-order valence-electron chi connectivity index (χ0n) is 18.5. The quantitative estimate of drug-likeness (QED) is 0.172. The minimum absolute atomic E-state index is 0.244. The van der Waals surface area contributed by atoms with E-state index >= 15 is 0 Å². The van der Waals surface area contributed by atoms with Crippen molar-refractivity contribution >= 4 is 41.3 Å². The maximum Gasteiger partial charge on any atom is 0.343 e. The molecule has 0 fully saturated rings. The zero-order chi connectivity index (χ0) is 24.5. The van der Waals surface area contributed by atoms with Crippen LogP contribution >= 0.6 is 11.6 Å². The first-order valence-electron chi connectivity index (χ1n) is 10.3. The van der Waals surface area contributed by atoms with Crippen LogP contribution in [-0.2, 0) is 9.59 Å². The Kier molecular flexibility index (Phi) is 8.37. The fourth-order valence-electron chi connectivity index (χ4n) is 2.83. The monoisotopic (exact) mass is 479 g/mol. The summed E-state index contributed by atoms with van der Waals surface area (Å²) in [5.74, 6) is -1.78. The first kappa shape index (κ1) is 24.5. The average molecular weight is 480 g/mol. The summed E-state index contributed by atoms with van der Waals surface area (Å²) in [4.78, 5) is 36.5. The lowest BCUT2D eigenvalue weighted by molar-refractivity contribution is -0.136. The summed E-state index contributed by atoms with van der Waals surface area (Å²) < 4.78 is 11.0. The summed E-state index contributed by atoms with van der Waals surface area (Å²) in [6.07, 6.45) is 1.33. The number of hydrogen-bond donors (Lipinski definition) is 2. The van der Waals surface area contributed by atoms with Gasteiger partial charge in [-0.25, -0.2) is 10.2 Å². The van der Waals surface area contributed by atoms with Crippen LogP contribution in [0.15, 0.2) is 71.8 Å². The van der Waals surface area contributed by atoms with E-state index in [9.17, 15) is 14.4 Å². The molecule has 0 aliphatic carbocycles. The number of ether oxygens (including phenoxy) is 2. The molecule has 0 unspecified atom stereocenters. The van der Waals surface area contributed by atoms with Gasteiger partial charge in [-0.1, -0.05) is 35.9 Å². The van der Waals surface area contributed by atoms with Gasteiger partial charge in [0.05, 0.1) is 18.4 Å². The highest BCUT2D eigenvalue weighted by Gasteiger charge is 2.15. The number of nitrogens with zero attached hydrogens (tertiary/aromatic N) is 1. The lowest BCUT2D eigenvalue weighted by atomic mass is 10.2. The van der Waals surface area contributed by atoms with Gasteiger partial charge in [0.2, 0.25) is 0 Å². The molecule has 0 atom stereocenters. The molecule has 0 spiro atoms. The molecule has 2 N–H and O–H groups in total. The van der Waals surface area contributed by atoms with Gasteiger partial charge < -0.3 is 14.8 Å². The molecule has 9 heteroatoms. The van der Waals surface area contributed by atoms with Crippen molar-refractivity contribution in [2.24, 2.45) is 5.10 Å². The van der Waals surface area contributed by atoms with Gasteiger partial charge in [-0.15, -0.1) is 0 Å². The zero-order valence-corrected chi connectivity index (χ0v) is 19.3. The number of nitrogens with one attached hydrogen (secondary N) is 2. The van der Waals surface area contributed by atoms with Crippen LogP contribution in [0.4, 0.5) is 5.69 Å². The van der Waals surface area contributed by atoms with E-state index in [1.54, 1.807) is 80.6 Å². The average Bonchev–Trinajstić information content (AvgIpc) is 2.84. The molecule has 3 rings (SSSR count). The predicted octanol–water partition coefficient (Wildman–Crippen LogP) is 4.36. The second-order valence-corrected chi connectivity index (χ2v) is 7.37. The standard InChI is InChI=1S/C25H22ClN3O5/c1-3-33-22-14-17(12-13-21(22)34-25(32)18-8-5-4-6-9-18)15-27-29-24(31)23(30)28-20-11-7-10-19(26)16(20)2/h4-15H,3H2,1-2H3,(H,28,30)(H,29,31)/b27-15+. The molecule has 0 aromatic heterocycles. The molecule has 0 bridgehead atoms. The minimum atomic E-state index is -0.950. The molecule has 2 amide bonds. The van der Waals surface area contributed by atoms with Crippen LogP contribution in [0.3, 0.4) is 0 Å². The van der Waals surface area contributed by atoms with Crippen molar-refractivity contribution in [3.8, 4) is 11.5 Å². The van der Waals surface area contributed by atoms with Crippen molar-refractivity contribution in [2.45, 2.75) is 13.8 Å². The third-order valence-corrected chi connectivity index (χ3v) is 4.99. The topological polar surface area (TPSA) is 106 Å². The number of amides is 2. The van der Waals surface area contributed by atoms with Gasteiger partial charge in [-0.05, 0) is 67.4 Å². The van der Waals surface area contributed by atoms with Crippen molar-refractivity contribution in [2.75, 3.05) is 11.9 Å². The molecule has 8 nitrogen and oxygen atoms in total. The van der Waals surface area contributed by atoms with Gasteiger partial charge in [0.15, 0.2) is 11.5 Å². The highest BCUT2D eigenvalue weighted by Crippen LogP contribution is 2.29. The number of carbonyl (C=O) groups excluding carboxylic acids is 3. The van der Waals surface area contributed by atoms with E-state index in [-0.39, 0.29) is 5.75 Å². The molecule has 0 radical (unpaired) electrons. The third kappa shape index (κ3) is 6.43. The van der Waals surface area contributed by atoms with E-state index in [0.29, 0.717) is 39.8 Å². The van der Waals surface area contributed by atoms with E-state index in [1.807, 2.05) is 0 Å². The highest BCUT2D eigenvalue weighted by molar-refractivity contribution is 6.40. The molecule has 0 saturated carbocycles. The van der Waals surface area contributed by atoms with Gasteiger partial charge in [-0.3, -0.25) is 9.59 Å². The maximum atomic E-state index is 12.3. The van der Waals surface area contributed by atoms with E-state index in [0.717, 1.165) is 0 Å². The SMILES string of the molecule is CCOc1cc(/C=N/NC(=O)C(=O)Nc2cccc(Cl)c2C)ccc1OC(=O)c1ccccc1. The minimum Gasteiger partial charge on any atom is -0.490 e. The Hall–Kier alpha value is -4.17. The summed E-state index contributed by atoms with van der Waals surface area (Å²) >= 11 is 6.02. The Labute approximate surface area is 201 Å². The van der Waals surface area contributed by atoms with Crippen LogP contribution in [0, 0.1) is 6.92 Å². The van der Waals surface area contributed by atoms with Crippen LogP contribution in [-0.4, -0.2) is 30.6 Å². The molecule has 0 saturated heterocycles. The lowest BCUT2D eigenvalue weighted by Gasteiger charge is -2.11. The van der Waals surface area contributed by atoms with E-state index in [1.165, 1.54) is 6.21 Å². The number of halogens is 1. The number of hydrogen-bond acceptors (Lipinski definition) is 6. The fraction of sp³-hybridized carbons (Fsp3) is 0.120. The van der Waals surface area contributed by atoms with E-state index in [4.69, 9.17) is 21.1 Å². The van der Waals surface area contributed by atoms with Crippen molar-refractivity contribution < 1.29 is 23.9 Å². The molecular formula is C25H22ClN3O5. The number of benzene rings is 3. The highest BCUT2D eigenvalue weighted by atomic mass is 35.5. The Bertz CT molecular complexity index is 1230. The molecule has 0 heterocycles. The molecular weight excluding hydrogens is 458 g/mol. The summed E-state index contributed by atoms with van der Waals surface area (Å²) in [6, 6.07) is 18.3. The van der Waals surface area contributed by atoms with Gasteiger partial charge >= 0.3 is 17.8 Å². The first-order valence-corrected chi connectivity index (χ1v) is 10.7. The second kappa shape index (κ2) is 11.6. The molecule has 3 aromatic rings. The van der Waals surface area contributed by atoms with Crippen LogP contribution in [0.5, 0.6) is 11.5 Å². The predicted molar refractivity (Wildman–Crippen MR) is 130 cm³/mol. The smallest absolute Gasteiger partial charge is 0.343 e. The second-order valence-electron chi connectivity index (χ2n) is 6.96. The number of hydrazone groups is 1. The Morgan fingerprint density at radius 3 is 2.47 bits per heavy atom.